The van der Waals surface area contributed by atoms with Crippen LogP contribution in [0, 0.1) is 0 Å². The van der Waals surface area contributed by atoms with Crippen molar-refractivity contribution in [3.05, 3.63) is 18.7 Å². The summed E-state index contributed by atoms with van der Waals surface area (Å²) >= 11 is 0. The molecule has 0 radical (unpaired) electrons. The number of nitrogens with one attached hydrogen (secondary N) is 1. The standard InChI is InChI=1S/C13H22N4O/c1-11(2)15-12-4-8-17(13(12)18)7-3-6-16-9-5-14-10-16/h5,9-12,15H,3-4,6-8H2,1-2H3. The molecule has 1 atom stereocenters. The molecular formula is C13H22N4O. The summed E-state index contributed by atoms with van der Waals surface area (Å²) < 4.78 is 2.05. The fraction of sp³-hybridized carbons (Fsp3) is 0.692. The van der Waals surface area contributed by atoms with Crippen LogP contribution in [0.25, 0.3) is 0 Å². The number of aromatic nitrogens is 2. The molecule has 0 spiro atoms. The van der Waals surface area contributed by atoms with Gasteiger partial charge in [-0.25, -0.2) is 4.98 Å². The topological polar surface area (TPSA) is 50.2 Å². The zero-order valence-electron chi connectivity index (χ0n) is 11.2. The molecule has 2 rings (SSSR count). The highest BCUT2D eigenvalue weighted by atomic mass is 16.2. The Labute approximate surface area is 108 Å². The van der Waals surface area contributed by atoms with E-state index in [0.29, 0.717) is 6.04 Å². The second kappa shape index (κ2) is 6.00. The Bertz CT molecular complexity index is 374. The molecule has 2 heterocycles. The number of rotatable bonds is 6. The number of carbonyl (C=O) groups excluding carboxylic acids is 1. The van der Waals surface area contributed by atoms with Crippen LogP contribution in [0.5, 0.6) is 0 Å². The number of imidazole rings is 1. The summed E-state index contributed by atoms with van der Waals surface area (Å²) in [6, 6.07) is 0.392. The lowest BCUT2D eigenvalue weighted by molar-refractivity contribution is -0.129. The van der Waals surface area contributed by atoms with E-state index in [2.05, 4.69) is 24.1 Å². The van der Waals surface area contributed by atoms with E-state index in [-0.39, 0.29) is 11.9 Å². The first kappa shape index (κ1) is 13.1. The molecule has 1 aliphatic rings. The lowest BCUT2D eigenvalue weighted by Gasteiger charge is -2.18. The molecule has 1 aromatic heterocycles. The highest BCUT2D eigenvalue weighted by Crippen LogP contribution is 2.12. The molecule has 1 aliphatic heterocycles. The lowest BCUT2D eigenvalue weighted by atomic mass is 10.2. The average Bonchev–Trinajstić information content (AvgIpc) is 2.93. The average molecular weight is 250 g/mol. The first-order valence-electron chi connectivity index (χ1n) is 6.67. The maximum atomic E-state index is 12.1. The molecule has 100 valence electrons. The minimum atomic E-state index is 0.0262. The third-order valence-corrected chi connectivity index (χ3v) is 3.24. The second-order valence-electron chi connectivity index (χ2n) is 5.14. The Kier molecular flexibility index (Phi) is 4.36. The largest absolute Gasteiger partial charge is 0.341 e. The number of likely N-dealkylation sites (tertiary alicyclic amines) is 1. The Morgan fingerprint density at radius 1 is 1.50 bits per heavy atom. The zero-order chi connectivity index (χ0) is 13.0. The van der Waals surface area contributed by atoms with Crippen LogP contribution in [0.3, 0.4) is 0 Å². The van der Waals surface area contributed by atoms with Gasteiger partial charge in [-0.2, -0.15) is 0 Å². The maximum absolute atomic E-state index is 12.1. The van der Waals surface area contributed by atoms with Crippen LogP contribution in [-0.4, -0.2) is 45.5 Å². The summed E-state index contributed by atoms with van der Waals surface area (Å²) in [5, 5.41) is 3.32. The van der Waals surface area contributed by atoms with Crippen LogP contribution in [-0.2, 0) is 11.3 Å². The predicted octanol–water partition coefficient (Wildman–Crippen LogP) is 0.872. The first-order chi connectivity index (χ1) is 8.66. The van der Waals surface area contributed by atoms with E-state index in [9.17, 15) is 4.79 Å². The molecule has 1 unspecified atom stereocenters. The lowest BCUT2D eigenvalue weighted by Crippen LogP contribution is -2.41. The van der Waals surface area contributed by atoms with Gasteiger partial charge in [-0.1, -0.05) is 13.8 Å². The number of carbonyl (C=O) groups is 1. The number of aryl methyl sites for hydroxylation is 1. The van der Waals surface area contributed by atoms with E-state index in [0.717, 1.165) is 32.5 Å². The highest BCUT2D eigenvalue weighted by molar-refractivity contribution is 5.83. The van der Waals surface area contributed by atoms with Gasteiger partial charge in [0.25, 0.3) is 0 Å². The second-order valence-corrected chi connectivity index (χ2v) is 5.14. The highest BCUT2D eigenvalue weighted by Gasteiger charge is 2.30. The van der Waals surface area contributed by atoms with Gasteiger partial charge in [-0.3, -0.25) is 4.79 Å². The van der Waals surface area contributed by atoms with Crippen molar-refractivity contribution in [3.8, 4) is 0 Å². The monoisotopic (exact) mass is 250 g/mol. The van der Waals surface area contributed by atoms with E-state index in [1.807, 2.05) is 22.0 Å². The van der Waals surface area contributed by atoms with Crippen molar-refractivity contribution in [2.24, 2.45) is 0 Å². The van der Waals surface area contributed by atoms with Crippen LogP contribution in [0.4, 0.5) is 0 Å². The third kappa shape index (κ3) is 3.32. The molecule has 1 aromatic rings. The van der Waals surface area contributed by atoms with Gasteiger partial charge in [-0.05, 0) is 12.8 Å². The molecular weight excluding hydrogens is 228 g/mol. The smallest absolute Gasteiger partial charge is 0.239 e. The molecule has 1 N–H and O–H groups in total. The summed E-state index contributed by atoms with van der Waals surface area (Å²) in [4.78, 5) is 18.1. The Hall–Kier alpha value is -1.36. The zero-order valence-corrected chi connectivity index (χ0v) is 11.2. The number of nitrogens with zero attached hydrogens (tertiary/aromatic N) is 3. The van der Waals surface area contributed by atoms with E-state index in [1.165, 1.54) is 0 Å². The van der Waals surface area contributed by atoms with Gasteiger partial charge in [0.1, 0.15) is 0 Å². The minimum absolute atomic E-state index is 0.0262. The van der Waals surface area contributed by atoms with Gasteiger partial charge in [0.15, 0.2) is 0 Å². The van der Waals surface area contributed by atoms with Crippen LogP contribution < -0.4 is 5.32 Å². The fourth-order valence-electron chi connectivity index (χ4n) is 2.38. The third-order valence-electron chi connectivity index (χ3n) is 3.24. The van der Waals surface area contributed by atoms with Crippen molar-refractivity contribution in [1.82, 2.24) is 19.8 Å². The summed E-state index contributed by atoms with van der Waals surface area (Å²) in [6.45, 7) is 6.80. The summed E-state index contributed by atoms with van der Waals surface area (Å²) in [6.07, 6.45) is 7.46. The number of hydrogen-bond acceptors (Lipinski definition) is 3. The molecule has 1 saturated heterocycles. The summed E-state index contributed by atoms with van der Waals surface area (Å²) in [5.41, 5.74) is 0. The first-order valence-corrected chi connectivity index (χ1v) is 6.67. The Morgan fingerprint density at radius 3 is 3.00 bits per heavy atom. The van der Waals surface area contributed by atoms with Gasteiger partial charge >= 0.3 is 0 Å². The van der Waals surface area contributed by atoms with Gasteiger partial charge in [0.05, 0.1) is 12.4 Å². The minimum Gasteiger partial charge on any atom is -0.341 e. The van der Waals surface area contributed by atoms with Crippen LogP contribution in [0.1, 0.15) is 26.7 Å². The van der Waals surface area contributed by atoms with Crippen LogP contribution in [0.15, 0.2) is 18.7 Å². The van der Waals surface area contributed by atoms with Crippen molar-refractivity contribution in [1.29, 1.82) is 0 Å². The van der Waals surface area contributed by atoms with E-state index in [4.69, 9.17) is 0 Å². The van der Waals surface area contributed by atoms with E-state index in [1.54, 1.807) is 6.20 Å². The molecule has 0 bridgehead atoms. The van der Waals surface area contributed by atoms with E-state index < -0.39 is 0 Å². The van der Waals surface area contributed by atoms with Crippen LogP contribution in [0.2, 0.25) is 0 Å². The maximum Gasteiger partial charge on any atom is 0.239 e. The Morgan fingerprint density at radius 2 is 2.33 bits per heavy atom. The SMILES string of the molecule is CC(C)NC1CCN(CCCn2ccnc2)C1=O. The van der Waals surface area contributed by atoms with Crippen molar-refractivity contribution in [3.63, 3.8) is 0 Å². The molecule has 1 fully saturated rings. The molecule has 0 aromatic carbocycles. The number of amides is 1. The number of hydrogen-bond donors (Lipinski definition) is 1. The van der Waals surface area contributed by atoms with Crippen LogP contribution >= 0.6 is 0 Å². The van der Waals surface area contributed by atoms with Crippen molar-refractivity contribution < 1.29 is 4.79 Å². The molecule has 1 amide bonds. The normalized spacial score (nSPS) is 20.1. The van der Waals surface area contributed by atoms with Crippen molar-refractivity contribution >= 4 is 5.91 Å². The molecule has 0 aliphatic carbocycles. The van der Waals surface area contributed by atoms with Gasteiger partial charge in [-0.15, -0.1) is 0 Å². The van der Waals surface area contributed by atoms with Crippen molar-refractivity contribution in [2.75, 3.05) is 13.1 Å². The summed E-state index contributed by atoms with van der Waals surface area (Å²) in [5.74, 6) is 0.259. The predicted molar refractivity (Wildman–Crippen MR) is 70.1 cm³/mol. The van der Waals surface area contributed by atoms with Gasteiger partial charge < -0.3 is 14.8 Å². The van der Waals surface area contributed by atoms with Crippen molar-refractivity contribution in [2.45, 2.75) is 45.3 Å². The van der Waals surface area contributed by atoms with Gasteiger partial charge in [0.2, 0.25) is 5.91 Å². The Balaban J connectivity index is 1.72. The molecule has 5 heteroatoms. The quantitative estimate of drug-likeness (QED) is 0.815. The summed E-state index contributed by atoms with van der Waals surface area (Å²) in [7, 11) is 0. The molecule has 5 nitrogen and oxygen atoms in total. The molecule has 0 saturated carbocycles. The fourth-order valence-corrected chi connectivity index (χ4v) is 2.38. The van der Waals surface area contributed by atoms with E-state index >= 15 is 0 Å². The van der Waals surface area contributed by atoms with Gasteiger partial charge in [0, 0.05) is 38.1 Å². The molecule has 18 heavy (non-hydrogen) atoms.